The highest BCUT2D eigenvalue weighted by Gasteiger charge is 2.05. The van der Waals surface area contributed by atoms with Gasteiger partial charge < -0.3 is 0 Å². The molecule has 1 unspecified atom stereocenters. The number of hydrogen-bond acceptors (Lipinski definition) is 0. The van der Waals surface area contributed by atoms with Gasteiger partial charge in [-0.05, 0) is 29.9 Å². The molecule has 0 fully saturated rings. The molecule has 12 heavy (non-hydrogen) atoms. The molecule has 0 saturated heterocycles. The molecule has 1 aromatic carbocycles. The third-order valence-electron chi connectivity index (χ3n) is 2.58. The minimum atomic E-state index is 0.709. The average molecular weight is 162 g/mol. The summed E-state index contributed by atoms with van der Waals surface area (Å²) in [6.07, 6.45) is 2.39. The fraction of sp³-hybridized carbons (Fsp3) is 0.500. The van der Waals surface area contributed by atoms with Crippen molar-refractivity contribution in [3.8, 4) is 0 Å². The van der Waals surface area contributed by atoms with Crippen LogP contribution in [0.1, 0.15) is 44.2 Å². The highest BCUT2D eigenvalue weighted by Crippen LogP contribution is 2.22. The SMILES string of the molecule is CCc1ccccc1C(C)CC. The Balaban J connectivity index is 2.96. The molecule has 0 N–H and O–H groups in total. The zero-order valence-corrected chi connectivity index (χ0v) is 8.30. The van der Waals surface area contributed by atoms with E-state index in [-0.39, 0.29) is 0 Å². The second-order valence-electron chi connectivity index (χ2n) is 3.36. The monoisotopic (exact) mass is 162 g/mol. The van der Waals surface area contributed by atoms with Crippen molar-refractivity contribution >= 4 is 0 Å². The van der Waals surface area contributed by atoms with Gasteiger partial charge in [0.1, 0.15) is 0 Å². The molecule has 0 saturated carbocycles. The van der Waals surface area contributed by atoms with Crippen LogP contribution in [0.25, 0.3) is 0 Å². The minimum absolute atomic E-state index is 0.709. The van der Waals surface area contributed by atoms with E-state index in [2.05, 4.69) is 45.0 Å². The van der Waals surface area contributed by atoms with Crippen molar-refractivity contribution < 1.29 is 0 Å². The van der Waals surface area contributed by atoms with Crippen LogP contribution < -0.4 is 0 Å². The zero-order valence-electron chi connectivity index (χ0n) is 8.30. The first kappa shape index (κ1) is 9.31. The molecule has 1 atom stereocenters. The van der Waals surface area contributed by atoms with Crippen LogP contribution in [0.15, 0.2) is 24.3 Å². The summed E-state index contributed by atoms with van der Waals surface area (Å²) in [7, 11) is 0. The van der Waals surface area contributed by atoms with E-state index < -0.39 is 0 Å². The minimum Gasteiger partial charge on any atom is -0.0648 e. The van der Waals surface area contributed by atoms with Crippen molar-refractivity contribution in [1.82, 2.24) is 0 Å². The van der Waals surface area contributed by atoms with Crippen LogP contribution in [-0.2, 0) is 6.42 Å². The lowest BCUT2D eigenvalue weighted by Crippen LogP contribution is -1.96. The summed E-state index contributed by atoms with van der Waals surface area (Å²) in [4.78, 5) is 0. The molecule has 0 radical (unpaired) electrons. The molecule has 1 rings (SSSR count). The van der Waals surface area contributed by atoms with Gasteiger partial charge in [-0.2, -0.15) is 0 Å². The van der Waals surface area contributed by atoms with Crippen LogP contribution in [0.4, 0.5) is 0 Å². The first-order chi connectivity index (χ1) is 5.79. The topological polar surface area (TPSA) is 0 Å². The maximum Gasteiger partial charge on any atom is -0.0190 e. The molecule has 0 aromatic heterocycles. The van der Waals surface area contributed by atoms with E-state index >= 15 is 0 Å². The van der Waals surface area contributed by atoms with Crippen LogP contribution >= 0.6 is 0 Å². The molecular weight excluding hydrogens is 144 g/mol. The van der Waals surface area contributed by atoms with E-state index in [1.165, 1.54) is 17.5 Å². The molecule has 0 heterocycles. The predicted molar refractivity (Wildman–Crippen MR) is 54.5 cm³/mol. The number of hydrogen-bond donors (Lipinski definition) is 0. The van der Waals surface area contributed by atoms with Gasteiger partial charge >= 0.3 is 0 Å². The summed E-state index contributed by atoms with van der Waals surface area (Å²) in [6, 6.07) is 8.76. The Hall–Kier alpha value is -0.780. The summed E-state index contributed by atoms with van der Waals surface area (Å²) < 4.78 is 0. The maximum absolute atomic E-state index is 2.30. The molecule has 0 bridgehead atoms. The van der Waals surface area contributed by atoms with Gasteiger partial charge in [0.25, 0.3) is 0 Å². The van der Waals surface area contributed by atoms with Crippen molar-refractivity contribution in [3.63, 3.8) is 0 Å². The molecule has 0 heteroatoms. The third kappa shape index (κ3) is 1.88. The average Bonchev–Trinajstić information content (AvgIpc) is 2.16. The second kappa shape index (κ2) is 4.30. The molecule has 0 aliphatic rings. The fourth-order valence-electron chi connectivity index (χ4n) is 1.56. The third-order valence-corrected chi connectivity index (χ3v) is 2.58. The smallest absolute Gasteiger partial charge is 0.0190 e. The molecular formula is C12H18. The fourth-order valence-corrected chi connectivity index (χ4v) is 1.56. The number of aryl methyl sites for hydroxylation is 1. The van der Waals surface area contributed by atoms with Gasteiger partial charge in [-0.3, -0.25) is 0 Å². The van der Waals surface area contributed by atoms with Crippen LogP contribution in [0.3, 0.4) is 0 Å². The highest BCUT2D eigenvalue weighted by molar-refractivity contribution is 5.29. The molecule has 0 spiro atoms. The number of benzene rings is 1. The van der Waals surface area contributed by atoms with E-state index in [1.54, 1.807) is 0 Å². The first-order valence-electron chi connectivity index (χ1n) is 4.87. The van der Waals surface area contributed by atoms with Gasteiger partial charge in [-0.15, -0.1) is 0 Å². The predicted octanol–water partition coefficient (Wildman–Crippen LogP) is 3.76. The summed E-state index contributed by atoms with van der Waals surface area (Å²) in [6.45, 7) is 6.77. The van der Waals surface area contributed by atoms with E-state index in [9.17, 15) is 0 Å². The summed E-state index contributed by atoms with van der Waals surface area (Å²) in [5, 5.41) is 0. The number of rotatable bonds is 3. The highest BCUT2D eigenvalue weighted by atomic mass is 14.1. The lowest BCUT2D eigenvalue weighted by molar-refractivity contribution is 0.723. The maximum atomic E-state index is 2.30. The van der Waals surface area contributed by atoms with Gasteiger partial charge in [0, 0.05) is 0 Å². The van der Waals surface area contributed by atoms with Crippen LogP contribution in [-0.4, -0.2) is 0 Å². The Morgan fingerprint density at radius 2 is 1.83 bits per heavy atom. The van der Waals surface area contributed by atoms with E-state index in [0.717, 1.165) is 6.42 Å². The molecule has 0 amide bonds. The molecule has 1 aromatic rings. The lowest BCUT2D eigenvalue weighted by atomic mass is 9.93. The van der Waals surface area contributed by atoms with Crippen LogP contribution in [0.5, 0.6) is 0 Å². The normalized spacial score (nSPS) is 12.9. The Morgan fingerprint density at radius 1 is 1.17 bits per heavy atom. The van der Waals surface area contributed by atoms with Crippen LogP contribution in [0.2, 0.25) is 0 Å². The largest absolute Gasteiger partial charge is 0.0648 e. The molecule has 0 aliphatic heterocycles. The van der Waals surface area contributed by atoms with Gasteiger partial charge in [0.15, 0.2) is 0 Å². The van der Waals surface area contributed by atoms with Gasteiger partial charge in [0.2, 0.25) is 0 Å². The Kier molecular flexibility index (Phi) is 3.33. The van der Waals surface area contributed by atoms with Crippen LogP contribution in [0, 0.1) is 0 Å². The van der Waals surface area contributed by atoms with E-state index in [1.807, 2.05) is 0 Å². The summed E-state index contributed by atoms with van der Waals surface area (Å²) >= 11 is 0. The van der Waals surface area contributed by atoms with Crippen molar-refractivity contribution in [2.75, 3.05) is 0 Å². The summed E-state index contributed by atoms with van der Waals surface area (Å²) in [5.74, 6) is 0.709. The standard InChI is InChI=1S/C12H18/c1-4-10(3)12-9-7-6-8-11(12)5-2/h6-10H,4-5H2,1-3H3. The Morgan fingerprint density at radius 3 is 2.42 bits per heavy atom. The van der Waals surface area contributed by atoms with E-state index in [0.29, 0.717) is 5.92 Å². The van der Waals surface area contributed by atoms with Gasteiger partial charge in [0.05, 0.1) is 0 Å². The summed E-state index contributed by atoms with van der Waals surface area (Å²) in [5.41, 5.74) is 3.04. The van der Waals surface area contributed by atoms with Crippen molar-refractivity contribution in [1.29, 1.82) is 0 Å². The molecule has 66 valence electrons. The van der Waals surface area contributed by atoms with Crippen molar-refractivity contribution in [2.45, 2.75) is 39.5 Å². The quantitative estimate of drug-likeness (QED) is 0.634. The van der Waals surface area contributed by atoms with Crippen molar-refractivity contribution in [2.24, 2.45) is 0 Å². The van der Waals surface area contributed by atoms with Crippen molar-refractivity contribution in [3.05, 3.63) is 35.4 Å². The van der Waals surface area contributed by atoms with Gasteiger partial charge in [-0.25, -0.2) is 0 Å². The van der Waals surface area contributed by atoms with Gasteiger partial charge in [-0.1, -0.05) is 45.0 Å². The lowest BCUT2D eigenvalue weighted by Gasteiger charge is -2.13. The second-order valence-corrected chi connectivity index (χ2v) is 3.36. The zero-order chi connectivity index (χ0) is 8.97. The first-order valence-corrected chi connectivity index (χ1v) is 4.87. The molecule has 0 aliphatic carbocycles. The van der Waals surface area contributed by atoms with E-state index in [4.69, 9.17) is 0 Å². The molecule has 0 nitrogen and oxygen atoms in total. The Labute approximate surface area is 75.6 Å². The Bertz CT molecular complexity index is 238.